The van der Waals surface area contributed by atoms with E-state index in [0.717, 1.165) is 35.1 Å². The van der Waals surface area contributed by atoms with E-state index < -0.39 is 22.9 Å². The number of likely N-dealkylation sites (tertiary alicyclic amines) is 1. The van der Waals surface area contributed by atoms with Crippen LogP contribution in [0.25, 0.3) is 10.9 Å². The van der Waals surface area contributed by atoms with Crippen molar-refractivity contribution in [3.05, 3.63) is 70.7 Å². The lowest BCUT2D eigenvalue weighted by Crippen LogP contribution is -2.48. The summed E-state index contributed by atoms with van der Waals surface area (Å²) in [5, 5.41) is 10.5. The molecule has 0 saturated carbocycles. The number of nitrogens with zero attached hydrogens (tertiary/aromatic N) is 2. The van der Waals surface area contributed by atoms with Crippen LogP contribution in [0.2, 0.25) is 0 Å². The molecule has 0 unspecified atom stereocenters. The van der Waals surface area contributed by atoms with Gasteiger partial charge in [-0.2, -0.15) is 0 Å². The van der Waals surface area contributed by atoms with Gasteiger partial charge in [0.25, 0.3) is 0 Å². The Morgan fingerprint density at radius 2 is 1.76 bits per heavy atom. The summed E-state index contributed by atoms with van der Waals surface area (Å²) in [5.41, 5.74) is 4.23. The SMILES string of the molecule is COc1ccc2ncc(C)c(CCCC3(C(=O)NO)CCN(CCCc4c(F)cc(F)cc4F)CC3)c2c1. The number of amides is 1. The van der Waals surface area contributed by atoms with Crippen molar-refractivity contribution >= 4 is 16.8 Å². The van der Waals surface area contributed by atoms with E-state index in [1.54, 1.807) is 7.11 Å². The van der Waals surface area contributed by atoms with Gasteiger partial charge in [-0.3, -0.25) is 15.0 Å². The molecule has 2 aromatic carbocycles. The third kappa shape index (κ3) is 6.10. The third-order valence-corrected chi connectivity index (χ3v) is 7.89. The highest BCUT2D eigenvalue weighted by molar-refractivity contribution is 5.84. The minimum absolute atomic E-state index is 0.103. The molecule has 204 valence electrons. The van der Waals surface area contributed by atoms with Crippen molar-refractivity contribution in [2.24, 2.45) is 5.41 Å². The topological polar surface area (TPSA) is 74.7 Å². The van der Waals surface area contributed by atoms with Crippen LogP contribution in [0.1, 0.15) is 48.8 Å². The third-order valence-electron chi connectivity index (χ3n) is 7.89. The molecular weight excluding hydrogens is 495 g/mol. The predicted octanol–water partition coefficient (Wildman–Crippen LogP) is 5.51. The molecule has 9 heteroatoms. The van der Waals surface area contributed by atoms with Crippen LogP contribution in [0, 0.1) is 29.8 Å². The molecule has 6 nitrogen and oxygen atoms in total. The summed E-state index contributed by atoms with van der Waals surface area (Å²) in [5.74, 6) is -2.26. The number of hydroxylamine groups is 1. The zero-order chi connectivity index (χ0) is 27.3. The van der Waals surface area contributed by atoms with E-state index >= 15 is 0 Å². The van der Waals surface area contributed by atoms with E-state index in [4.69, 9.17) is 4.74 Å². The minimum atomic E-state index is -0.926. The van der Waals surface area contributed by atoms with Crippen molar-refractivity contribution in [1.29, 1.82) is 0 Å². The largest absolute Gasteiger partial charge is 0.497 e. The van der Waals surface area contributed by atoms with E-state index in [0.29, 0.717) is 57.5 Å². The van der Waals surface area contributed by atoms with Crippen LogP contribution in [0.3, 0.4) is 0 Å². The van der Waals surface area contributed by atoms with Gasteiger partial charge in [0, 0.05) is 29.3 Å². The Kier molecular flexibility index (Phi) is 8.89. The number of hydrogen-bond donors (Lipinski definition) is 2. The average molecular weight is 530 g/mol. The summed E-state index contributed by atoms with van der Waals surface area (Å²) >= 11 is 0. The Balaban J connectivity index is 1.36. The molecule has 0 radical (unpaired) electrons. The number of hydrogen-bond acceptors (Lipinski definition) is 5. The summed E-state index contributed by atoms with van der Waals surface area (Å²) in [6, 6.07) is 7.21. The van der Waals surface area contributed by atoms with Crippen LogP contribution in [0.5, 0.6) is 5.75 Å². The highest BCUT2D eigenvalue weighted by Crippen LogP contribution is 2.38. The highest BCUT2D eigenvalue weighted by Gasteiger charge is 2.40. The van der Waals surface area contributed by atoms with Crippen molar-refractivity contribution < 1.29 is 27.9 Å². The molecule has 2 N–H and O–H groups in total. The van der Waals surface area contributed by atoms with Gasteiger partial charge in [0.1, 0.15) is 23.2 Å². The normalized spacial score (nSPS) is 15.5. The smallest absolute Gasteiger partial charge is 0.249 e. The first-order valence-electron chi connectivity index (χ1n) is 13.0. The predicted molar refractivity (Wildman–Crippen MR) is 139 cm³/mol. The first-order valence-corrected chi connectivity index (χ1v) is 13.0. The summed E-state index contributed by atoms with van der Waals surface area (Å²) in [4.78, 5) is 19.5. The molecule has 0 aliphatic carbocycles. The number of pyridine rings is 1. The Morgan fingerprint density at radius 1 is 1.08 bits per heavy atom. The van der Waals surface area contributed by atoms with Gasteiger partial charge in [-0.05, 0) is 101 Å². The fourth-order valence-electron chi connectivity index (χ4n) is 5.59. The quantitative estimate of drug-likeness (QED) is 0.268. The number of carbonyl (C=O) groups excluding carboxylic acids is 1. The van der Waals surface area contributed by atoms with Crippen LogP contribution in [0.15, 0.2) is 36.5 Å². The lowest BCUT2D eigenvalue weighted by Gasteiger charge is -2.40. The number of ether oxygens (including phenoxy) is 1. The zero-order valence-electron chi connectivity index (χ0n) is 21.8. The number of benzene rings is 2. The second kappa shape index (κ2) is 12.1. The highest BCUT2D eigenvalue weighted by atomic mass is 19.1. The van der Waals surface area contributed by atoms with Crippen LogP contribution < -0.4 is 10.2 Å². The van der Waals surface area contributed by atoms with Gasteiger partial charge >= 0.3 is 0 Å². The number of fused-ring (bicyclic) bond motifs is 1. The molecule has 1 amide bonds. The van der Waals surface area contributed by atoms with E-state index in [-0.39, 0.29) is 17.9 Å². The van der Waals surface area contributed by atoms with Crippen molar-refractivity contribution in [3.63, 3.8) is 0 Å². The average Bonchev–Trinajstić information content (AvgIpc) is 2.91. The molecule has 1 aromatic heterocycles. The number of piperidine rings is 1. The van der Waals surface area contributed by atoms with Gasteiger partial charge in [-0.15, -0.1) is 0 Å². The zero-order valence-corrected chi connectivity index (χ0v) is 21.8. The summed E-state index contributed by atoms with van der Waals surface area (Å²) in [6.45, 7) is 3.91. The van der Waals surface area contributed by atoms with E-state index in [1.807, 2.05) is 36.8 Å². The molecule has 1 aliphatic heterocycles. The van der Waals surface area contributed by atoms with Gasteiger partial charge in [0.15, 0.2) is 0 Å². The maximum absolute atomic E-state index is 13.9. The second-order valence-corrected chi connectivity index (χ2v) is 10.2. The lowest BCUT2D eigenvalue weighted by atomic mass is 9.73. The van der Waals surface area contributed by atoms with E-state index in [2.05, 4.69) is 9.88 Å². The van der Waals surface area contributed by atoms with Crippen LogP contribution in [-0.4, -0.2) is 47.7 Å². The first-order chi connectivity index (χ1) is 18.3. The monoisotopic (exact) mass is 529 g/mol. The lowest BCUT2D eigenvalue weighted by molar-refractivity contribution is -0.143. The molecule has 0 bridgehead atoms. The summed E-state index contributed by atoms with van der Waals surface area (Å²) in [7, 11) is 1.63. The van der Waals surface area contributed by atoms with Crippen LogP contribution in [0.4, 0.5) is 13.2 Å². The number of halogens is 3. The number of carbonyl (C=O) groups is 1. The Bertz CT molecular complexity index is 1270. The molecule has 1 saturated heterocycles. The number of aryl methyl sites for hydroxylation is 2. The maximum Gasteiger partial charge on any atom is 0.249 e. The summed E-state index contributed by atoms with van der Waals surface area (Å²) < 4.78 is 46.4. The van der Waals surface area contributed by atoms with Gasteiger partial charge < -0.3 is 9.64 Å². The van der Waals surface area contributed by atoms with E-state index in [1.165, 1.54) is 5.56 Å². The van der Waals surface area contributed by atoms with Crippen LogP contribution >= 0.6 is 0 Å². The van der Waals surface area contributed by atoms with Crippen molar-refractivity contribution in [1.82, 2.24) is 15.4 Å². The van der Waals surface area contributed by atoms with E-state index in [9.17, 15) is 23.2 Å². The first kappa shape index (κ1) is 27.9. The molecule has 0 atom stereocenters. The Hall–Kier alpha value is -3.17. The minimum Gasteiger partial charge on any atom is -0.497 e. The molecule has 4 rings (SSSR count). The van der Waals surface area contributed by atoms with Gasteiger partial charge in [0.2, 0.25) is 5.91 Å². The Labute approximate surface area is 220 Å². The standard InChI is InChI=1S/C29H34F3N3O3/c1-19-18-33-27-8-7-21(38-2)17-24(27)22(19)5-3-9-29(28(36)34-37)10-13-35(14-11-29)12-4-6-23-25(31)15-20(30)16-26(23)32/h7-8,15-18,37H,3-6,9-14H2,1-2H3,(H,34,36). The van der Waals surface area contributed by atoms with Crippen molar-refractivity contribution in [2.75, 3.05) is 26.7 Å². The molecule has 1 fully saturated rings. The number of aromatic nitrogens is 1. The molecule has 0 spiro atoms. The molecule has 38 heavy (non-hydrogen) atoms. The maximum atomic E-state index is 13.9. The fraction of sp³-hybridized carbons (Fsp3) is 0.448. The van der Waals surface area contributed by atoms with Crippen molar-refractivity contribution in [2.45, 2.75) is 51.9 Å². The second-order valence-electron chi connectivity index (χ2n) is 10.2. The molecule has 2 heterocycles. The van der Waals surface area contributed by atoms with Crippen LogP contribution in [-0.2, 0) is 17.6 Å². The van der Waals surface area contributed by atoms with Crippen molar-refractivity contribution in [3.8, 4) is 5.75 Å². The Morgan fingerprint density at radius 3 is 2.42 bits per heavy atom. The molecule has 3 aromatic rings. The fourth-order valence-corrected chi connectivity index (χ4v) is 5.59. The van der Waals surface area contributed by atoms with Gasteiger partial charge in [-0.1, -0.05) is 0 Å². The number of nitrogens with one attached hydrogen (secondary N) is 1. The number of methoxy groups -OCH3 is 1. The molecule has 1 aliphatic rings. The molecular formula is C29H34F3N3O3. The van der Waals surface area contributed by atoms with Gasteiger partial charge in [-0.25, -0.2) is 18.7 Å². The number of rotatable bonds is 10. The van der Waals surface area contributed by atoms with Gasteiger partial charge in [0.05, 0.1) is 18.0 Å². The summed E-state index contributed by atoms with van der Waals surface area (Å²) in [6.07, 6.45) is 5.82.